The molecule has 1 aromatic carbocycles. The molecular weight excluding hydrogens is 306 g/mol. The molecule has 1 fully saturated rings. The largest absolute Gasteiger partial charge is 0.478 e. The average molecular weight is 326 g/mol. The van der Waals surface area contributed by atoms with E-state index in [1.54, 1.807) is 30.0 Å². The number of para-hydroxylation sites is 1. The van der Waals surface area contributed by atoms with Crippen LogP contribution in [-0.4, -0.2) is 49.0 Å². The summed E-state index contributed by atoms with van der Waals surface area (Å²) < 4.78 is 5.63. The summed E-state index contributed by atoms with van der Waals surface area (Å²) in [6, 6.07) is 5.44. The third-order valence-electron chi connectivity index (χ3n) is 4.07. The Morgan fingerprint density at radius 1 is 1.41 bits per heavy atom. The molecule has 6 nitrogen and oxygen atoms in total. The van der Waals surface area contributed by atoms with Gasteiger partial charge < -0.3 is 20.3 Å². The van der Waals surface area contributed by atoms with E-state index in [2.05, 4.69) is 10.6 Å². The van der Waals surface area contributed by atoms with Gasteiger partial charge in [-0.05, 0) is 32.0 Å². The van der Waals surface area contributed by atoms with Gasteiger partial charge in [-0.15, -0.1) is 12.4 Å². The van der Waals surface area contributed by atoms with Crippen molar-refractivity contribution in [2.24, 2.45) is 0 Å². The molecule has 0 bridgehead atoms. The maximum atomic E-state index is 12.7. The van der Waals surface area contributed by atoms with Gasteiger partial charge in [0.1, 0.15) is 0 Å². The van der Waals surface area contributed by atoms with Crippen molar-refractivity contribution in [3.05, 3.63) is 23.8 Å². The van der Waals surface area contributed by atoms with Gasteiger partial charge in [0.05, 0.1) is 11.3 Å². The van der Waals surface area contributed by atoms with E-state index in [1.807, 2.05) is 7.05 Å². The van der Waals surface area contributed by atoms with Gasteiger partial charge in [0.15, 0.2) is 11.9 Å². The molecule has 1 saturated heterocycles. The lowest BCUT2D eigenvalue weighted by molar-refractivity contribution is -0.122. The first-order valence-corrected chi connectivity index (χ1v) is 7.16. The first kappa shape index (κ1) is 16.6. The van der Waals surface area contributed by atoms with Crippen LogP contribution < -0.4 is 15.4 Å². The minimum atomic E-state index is -0.593. The monoisotopic (exact) mass is 325 g/mol. The zero-order valence-corrected chi connectivity index (χ0v) is 13.4. The van der Waals surface area contributed by atoms with Crippen LogP contribution in [-0.2, 0) is 4.79 Å². The number of ether oxygens (including phenoxy) is 1. The molecule has 2 aliphatic heterocycles. The summed E-state index contributed by atoms with van der Waals surface area (Å²) in [7, 11) is 1.81. The fourth-order valence-corrected chi connectivity index (χ4v) is 2.72. The molecule has 0 aliphatic carbocycles. The van der Waals surface area contributed by atoms with Crippen LogP contribution in [0.25, 0.3) is 0 Å². The molecule has 7 heteroatoms. The standard InChI is InChI=1S/C15H19N3O3.ClH/c1-9-14(19)17-12-5-3-4-11(13(12)21-9)15(20)18(2)10-6-7-16-8-10;/h3-5,9-10,16H,6-8H2,1-2H3,(H,17,19);1H. The number of amides is 2. The van der Waals surface area contributed by atoms with Crippen LogP contribution in [0.3, 0.4) is 0 Å². The number of halogens is 1. The third kappa shape index (κ3) is 2.89. The van der Waals surface area contributed by atoms with E-state index in [9.17, 15) is 9.59 Å². The lowest BCUT2D eigenvalue weighted by atomic mass is 10.1. The molecule has 1 aromatic rings. The molecule has 2 heterocycles. The summed E-state index contributed by atoms with van der Waals surface area (Å²) in [6.45, 7) is 3.41. The highest BCUT2D eigenvalue weighted by Crippen LogP contribution is 2.34. The van der Waals surface area contributed by atoms with Crippen molar-refractivity contribution >= 4 is 29.9 Å². The first-order valence-electron chi connectivity index (χ1n) is 7.16. The van der Waals surface area contributed by atoms with E-state index < -0.39 is 6.10 Å². The molecule has 0 saturated carbocycles. The van der Waals surface area contributed by atoms with Crippen molar-refractivity contribution in [1.82, 2.24) is 10.2 Å². The summed E-state index contributed by atoms with van der Waals surface area (Å²) in [5.41, 5.74) is 1.05. The van der Waals surface area contributed by atoms with Gasteiger partial charge >= 0.3 is 0 Å². The summed E-state index contributed by atoms with van der Waals surface area (Å²) in [6.07, 6.45) is 0.357. The Labute approximate surface area is 135 Å². The van der Waals surface area contributed by atoms with Crippen LogP contribution in [0, 0.1) is 0 Å². The average Bonchev–Trinajstić information content (AvgIpc) is 3.00. The van der Waals surface area contributed by atoms with E-state index >= 15 is 0 Å². The topological polar surface area (TPSA) is 70.7 Å². The van der Waals surface area contributed by atoms with Crippen LogP contribution >= 0.6 is 12.4 Å². The molecule has 120 valence electrons. The van der Waals surface area contributed by atoms with E-state index in [-0.39, 0.29) is 30.3 Å². The number of anilines is 1. The fourth-order valence-electron chi connectivity index (χ4n) is 2.72. The Morgan fingerprint density at radius 3 is 2.86 bits per heavy atom. The van der Waals surface area contributed by atoms with Gasteiger partial charge in [0.25, 0.3) is 11.8 Å². The molecule has 0 spiro atoms. The number of carbonyl (C=O) groups is 2. The van der Waals surface area contributed by atoms with Crippen LogP contribution in [0.1, 0.15) is 23.7 Å². The number of benzene rings is 1. The Bertz CT molecular complexity index is 587. The number of rotatable bonds is 2. The van der Waals surface area contributed by atoms with E-state index in [1.165, 1.54) is 0 Å². The normalized spacial score (nSPS) is 22.9. The number of carbonyl (C=O) groups excluding carboxylic acids is 2. The number of hydrogen-bond donors (Lipinski definition) is 2. The highest BCUT2D eigenvalue weighted by Gasteiger charge is 2.31. The minimum Gasteiger partial charge on any atom is -0.478 e. The molecule has 2 atom stereocenters. The number of nitrogens with one attached hydrogen (secondary N) is 2. The molecule has 3 rings (SSSR count). The van der Waals surface area contributed by atoms with Crippen molar-refractivity contribution in [3.8, 4) is 5.75 Å². The first-order chi connectivity index (χ1) is 10.1. The van der Waals surface area contributed by atoms with E-state index in [0.717, 1.165) is 19.5 Å². The summed E-state index contributed by atoms with van der Waals surface area (Å²) in [4.78, 5) is 26.1. The Balaban J connectivity index is 0.00000176. The van der Waals surface area contributed by atoms with Crippen LogP contribution in [0.15, 0.2) is 18.2 Å². The summed E-state index contributed by atoms with van der Waals surface area (Å²) in [5.74, 6) is 0.191. The molecule has 2 aliphatic rings. The predicted octanol–water partition coefficient (Wildman–Crippen LogP) is 1.26. The molecular formula is C15H20ClN3O3. The van der Waals surface area contributed by atoms with Gasteiger partial charge in [-0.2, -0.15) is 0 Å². The van der Waals surface area contributed by atoms with Crippen molar-refractivity contribution < 1.29 is 14.3 Å². The zero-order valence-electron chi connectivity index (χ0n) is 12.6. The molecule has 2 amide bonds. The molecule has 0 radical (unpaired) electrons. The minimum absolute atomic E-state index is 0. The quantitative estimate of drug-likeness (QED) is 0.859. The second-order valence-electron chi connectivity index (χ2n) is 5.49. The van der Waals surface area contributed by atoms with E-state index in [0.29, 0.717) is 17.0 Å². The Morgan fingerprint density at radius 2 is 2.18 bits per heavy atom. The molecule has 2 N–H and O–H groups in total. The van der Waals surface area contributed by atoms with Gasteiger partial charge in [0.2, 0.25) is 0 Å². The Kier molecular flexibility index (Phi) is 4.93. The second kappa shape index (κ2) is 6.54. The predicted molar refractivity (Wildman–Crippen MR) is 85.8 cm³/mol. The van der Waals surface area contributed by atoms with Crippen LogP contribution in [0.2, 0.25) is 0 Å². The molecule has 2 unspecified atom stereocenters. The van der Waals surface area contributed by atoms with E-state index in [4.69, 9.17) is 4.74 Å². The van der Waals surface area contributed by atoms with Gasteiger partial charge in [0, 0.05) is 19.6 Å². The highest BCUT2D eigenvalue weighted by atomic mass is 35.5. The van der Waals surface area contributed by atoms with Gasteiger partial charge in [-0.25, -0.2) is 0 Å². The number of hydrogen-bond acceptors (Lipinski definition) is 4. The maximum absolute atomic E-state index is 12.7. The Hall–Kier alpha value is -1.79. The third-order valence-corrected chi connectivity index (χ3v) is 4.07. The molecule has 0 aromatic heterocycles. The SMILES string of the molecule is CC1Oc2c(cccc2C(=O)N(C)C2CCNC2)NC1=O.Cl. The van der Waals surface area contributed by atoms with Crippen molar-refractivity contribution in [1.29, 1.82) is 0 Å². The molecule has 22 heavy (non-hydrogen) atoms. The summed E-state index contributed by atoms with van der Waals surface area (Å²) in [5, 5.41) is 6.02. The van der Waals surface area contributed by atoms with Crippen molar-refractivity contribution in [2.75, 3.05) is 25.5 Å². The number of likely N-dealkylation sites (N-methyl/N-ethyl adjacent to an activating group) is 1. The summed E-state index contributed by atoms with van der Waals surface area (Å²) >= 11 is 0. The lowest BCUT2D eigenvalue weighted by Gasteiger charge is -2.28. The zero-order chi connectivity index (χ0) is 15.0. The van der Waals surface area contributed by atoms with Crippen molar-refractivity contribution in [2.45, 2.75) is 25.5 Å². The maximum Gasteiger partial charge on any atom is 0.265 e. The van der Waals surface area contributed by atoms with Crippen LogP contribution in [0.5, 0.6) is 5.75 Å². The van der Waals surface area contributed by atoms with Crippen molar-refractivity contribution in [3.63, 3.8) is 0 Å². The van der Waals surface area contributed by atoms with Gasteiger partial charge in [-0.1, -0.05) is 6.07 Å². The highest BCUT2D eigenvalue weighted by molar-refractivity contribution is 6.04. The van der Waals surface area contributed by atoms with Gasteiger partial charge in [-0.3, -0.25) is 9.59 Å². The number of nitrogens with zero attached hydrogens (tertiary/aromatic N) is 1. The number of fused-ring (bicyclic) bond motifs is 1. The van der Waals surface area contributed by atoms with Crippen LogP contribution in [0.4, 0.5) is 5.69 Å². The second-order valence-corrected chi connectivity index (χ2v) is 5.49. The fraction of sp³-hybridized carbons (Fsp3) is 0.467. The smallest absolute Gasteiger partial charge is 0.265 e. The lowest BCUT2D eigenvalue weighted by Crippen LogP contribution is -2.40.